The lowest BCUT2D eigenvalue weighted by Crippen LogP contribution is -2.30. The second-order valence-corrected chi connectivity index (χ2v) is 9.15. The molecule has 188 valence electrons. The lowest BCUT2D eigenvalue weighted by atomic mass is 9.85. The highest BCUT2D eigenvalue weighted by atomic mass is 79.9. The van der Waals surface area contributed by atoms with Gasteiger partial charge in [0.2, 0.25) is 0 Å². The molecule has 1 aliphatic heterocycles. The fourth-order valence-electron chi connectivity index (χ4n) is 3.86. The number of nitrogens with two attached hydrogens (primary N) is 2. The average molecular weight is 547 g/mol. The number of Topliss-reactive ketones (excluding diaryl/α,β-unsaturated/α-hetero) is 1. The highest BCUT2D eigenvalue weighted by molar-refractivity contribution is 8.93. The molecule has 35 heavy (non-hydrogen) atoms. The van der Waals surface area contributed by atoms with Crippen LogP contribution in [-0.2, 0) is 16.8 Å². The van der Waals surface area contributed by atoms with Gasteiger partial charge in [0.15, 0.2) is 12.4 Å². The molecule has 3 rings (SSSR count). The van der Waals surface area contributed by atoms with Crippen LogP contribution < -0.4 is 20.9 Å². The van der Waals surface area contributed by atoms with Crippen molar-refractivity contribution < 1.29 is 23.9 Å². The molecule has 0 unspecified atom stereocenters. The lowest BCUT2D eigenvalue weighted by Gasteiger charge is -2.24. The van der Waals surface area contributed by atoms with Gasteiger partial charge in [-0.2, -0.15) is 0 Å². The van der Waals surface area contributed by atoms with E-state index in [9.17, 15) is 14.4 Å². The highest BCUT2D eigenvalue weighted by Gasteiger charge is 2.29. The number of primary amides is 2. The molecule has 0 aromatic heterocycles. The molecule has 0 saturated heterocycles. The van der Waals surface area contributed by atoms with E-state index in [-0.39, 0.29) is 52.7 Å². The number of ketones is 1. The number of halogens is 1. The minimum Gasteiger partial charge on any atom is -0.493 e. The second kappa shape index (κ2) is 10.9. The zero-order valence-electron chi connectivity index (χ0n) is 20.3. The van der Waals surface area contributed by atoms with E-state index in [1.165, 1.54) is 0 Å². The maximum absolute atomic E-state index is 13.1. The summed E-state index contributed by atoms with van der Waals surface area (Å²) < 4.78 is 11.1. The molecule has 0 atom stereocenters. The van der Waals surface area contributed by atoms with Crippen LogP contribution in [0.3, 0.4) is 0 Å². The average Bonchev–Trinajstić information content (AvgIpc) is 3.05. The van der Waals surface area contributed by atoms with Crippen molar-refractivity contribution in [2.24, 2.45) is 11.5 Å². The van der Waals surface area contributed by atoms with Crippen LogP contribution in [0.25, 0.3) is 0 Å². The van der Waals surface area contributed by atoms with Crippen LogP contribution in [0, 0.1) is 5.41 Å². The van der Waals surface area contributed by atoms with Crippen LogP contribution in [0.15, 0.2) is 30.3 Å². The molecule has 2 aromatic rings. The van der Waals surface area contributed by atoms with Crippen molar-refractivity contribution in [1.82, 2.24) is 4.90 Å². The van der Waals surface area contributed by atoms with Gasteiger partial charge in [0.05, 0.1) is 18.7 Å². The van der Waals surface area contributed by atoms with E-state index in [0.29, 0.717) is 35.8 Å². The van der Waals surface area contributed by atoms with E-state index in [1.807, 2.05) is 20.8 Å². The Morgan fingerprint density at radius 2 is 1.74 bits per heavy atom. The van der Waals surface area contributed by atoms with Crippen LogP contribution in [0.2, 0.25) is 0 Å². The number of fused-ring (bicyclic) bond motifs is 1. The number of carbonyl (C=O) groups is 3. The molecule has 10 heteroatoms. The van der Waals surface area contributed by atoms with Crippen LogP contribution in [0.4, 0.5) is 0 Å². The normalized spacial score (nSPS) is 12.6. The van der Waals surface area contributed by atoms with Crippen molar-refractivity contribution in [3.63, 3.8) is 0 Å². The standard InChI is InChI=1S/C25H30N4O5.BrH/c1-5-33-21-9-15-11-29(23(27)16(15)10-17(21)24(28)32)12-19(30)14-6-7-20(34-13-22(26)31)18(8-14)25(2,3)4;/h6-10,27H,5,11-13H2,1-4H3,(H2,26,31)(H2,28,32);1H. The summed E-state index contributed by atoms with van der Waals surface area (Å²) in [5.74, 6) is -0.389. The predicted molar refractivity (Wildman–Crippen MR) is 138 cm³/mol. The summed E-state index contributed by atoms with van der Waals surface area (Å²) in [6.07, 6.45) is 0. The molecule has 0 spiro atoms. The number of benzene rings is 2. The molecule has 1 heterocycles. The maximum atomic E-state index is 13.1. The maximum Gasteiger partial charge on any atom is 0.255 e. The quantitative estimate of drug-likeness (QED) is 0.411. The van der Waals surface area contributed by atoms with Crippen molar-refractivity contribution in [2.45, 2.75) is 39.7 Å². The number of carbonyl (C=O) groups excluding carboxylic acids is 3. The molecule has 0 radical (unpaired) electrons. The number of nitrogens with one attached hydrogen (secondary N) is 1. The third-order valence-corrected chi connectivity index (χ3v) is 5.52. The van der Waals surface area contributed by atoms with Gasteiger partial charge in [0.25, 0.3) is 11.8 Å². The van der Waals surface area contributed by atoms with Gasteiger partial charge in [-0.1, -0.05) is 20.8 Å². The van der Waals surface area contributed by atoms with Gasteiger partial charge in [-0.25, -0.2) is 0 Å². The SMILES string of the molecule is Br.CCOc1cc2c(cc1C(N)=O)C(=N)N(CC(=O)c1ccc(OCC(N)=O)c(C(C)(C)C)c1)C2. The van der Waals surface area contributed by atoms with Gasteiger partial charge in [-0.3, -0.25) is 19.8 Å². The Labute approximate surface area is 215 Å². The lowest BCUT2D eigenvalue weighted by molar-refractivity contribution is -0.119. The Hall–Kier alpha value is -3.40. The number of amides is 2. The van der Waals surface area contributed by atoms with Crippen LogP contribution in [0.1, 0.15) is 65.1 Å². The summed E-state index contributed by atoms with van der Waals surface area (Å²) in [4.78, 5) is 37.8. The number of hydrogen-bond donors (Lipinski definition) is 3. The van der Waals surface area contributed by atoms with E-state index in [2.05, 4.69) is 0 Å². The van der Waals surface area contributed by atoms with Crippen molar-refractivity contribution in [2.75, 3.05) is 19.8 Å². The number of nitrogens with zero attached hydrogens (tertiary/aromatic N) is 1. The molecule has 2 amide bonds. The van der Waals surface area contributed by atoms with E-state index >= 15 is 0 Å². The number of ether oxygens (including phenoxy) is 2. The van der Waals surface area contributed by atoms with E-state index < -0.39 is 11.8 Å². The topological polar surface area (TPSA) is 149 Å². The van der Waals surface area contributed by atoms with Crippen molar-refractivity contribution >= 4 is 40.4 Å². The van der Waals surface area contributed by atoms with Crippen LogP contribution >= 0.6 is 17.0 Å². The smallest absolute Gasteiger partial charge is 0.255 e. The van der Waals surface area contributed by atoms with Gasteiger partial charge in [-0.05, 0) is 48.2 Å². The molecule has 1 aliphatic rings. The fourth-order valence-corrected chi connectivity index (χ4v) is 3.86. The molecule has 5 N–H and O–H groups in total. The van der Waals surface area contributed by atoms with Crippen molar-refractivity contribution in [3.8, 4) is 11.5 Å². The Morgan fingerprint density at radius 1 is 1.06 bits per heavy atom. The summed E-state index contributed by atoms with van der Waals surface area (Å²) in [6, 6.07) is 8.32. The number of hydrogen-bond acceptors (Lipinski definition) is 6. The Kier molecular flexibility index (Phi) is 8.67. The fraction of sp³-hybridized carbons (Fsp3) is 0.360. The predicted octanol–water partition coefficient (Wildman–Crippen LogP) is 2.95. The van der Waals surface area contributed by atoms with Crippen molar-refractivity contribution in [1.29, 1.82) is 5.41 Å². The van der Waals surface area contributed by atoms with E-state index in [4.69, 9.17) is 26.4 Å². The minimum absolute atomic E-state index is 0. The van der Waals surface area contributed by atoms with Gasteiger partial charge < -0.3 is 25.8 Å². The zero-order valence-corrected chi connectivity index (χ0v) is 22.0. The molecule has 0 fully saturated rings. The zero-order chi connectivity index (χ0) is 25.2. The summed E-state index contributed by atoms with van der Waals surface area (Å²) in [5, 5.41) is 8.54. The molecule has 0 aliphatic carbocycles. The minimum atomic E-state index is -0.637. The first-order valence-corrected chi connectivity index (χ1v) is 10.9. The first-order chi connectivity index (χ1) is 15.9. The third-order valence-electron chi connectivity index (χ3n) is 5.52. The van der Waals surface area contributed by atoms with Gasteiger partial charge in [-0.15, -0.1) is 17.0 Å². The van der Waals surface area contributed by atoms with E-state index in [0.717, 1.165) is 11.1 Å². The summed E-state index contributed by atoms with van der Waals surface area (Å²) in [5.41, 5.74) is 13.1. The van der Waals surface area contributed by atoms with Gasteiger partial charge in [0, 0.05) is 23.2 Å². The molecular formula is C25H31BrN4O5. The van der Waals surface area contributed by atoms with Gasteiger partial charge >= 0.3 is 0 Å². The Morgan fingerprint density at radius 3 is 2.31 bits per heavy atom. The van der Waals surface area contributed by atoms with Crippen LogP contribution in [0.5, 0.6) is 11.5 Å². The second-order valence-electron chi connectivity index (χ2n) is 9.15. The molecule has 9 nitrogen and oxygen atoms in total. The van der Waals surface area contributed by atoms with Gasteiger partial charge in [0.1, 0.15) is 17.3 Å². The third kappa shape index (κ3) is 6.19. The molecule has 2 aromatic carbocycles. The monoisotopic (exact) mass is 546 g/mol. The summed E-state index contributed by atoms with van der Waals surface area (Å²) in [6.45, 7) is 8.18. The Bertz CT molecular complexity index is 1170. The largest absolute Gasteiger partial charge is 0.493 e. The highest BCUT2D eigenvalue weighted by Crippen LogP contribution is 2.33. The first kappa shape index (κ1) is 27.8. The molecule has 0 bridgehead atoms. The molecular weight excluding hydrogens is 516 g/mol. The van der Waals surface area contributed by atoms with E-state index in [1.54, 1.807) is 42.2 Å². The first-order valence-electron chi connectivity index (χ1n) is 10.9. The molecule has 0 saturated carbocycles. The Balaban J connectivity index is 0.00000432. The summed E-state index contributed by atoms with van der Waals surface area (Å²) >= 11 is 0. The van der Waals surface area contributed by atoms with Crippen molar-refractivity contribution in [3.05, 3.63) is 58.1 Å². The number of rotatable bonds is 9. The summed E-state index contributed by atoms with van der Waals surface area (Å²) in [7, 11) is 0. The number of amidine groups is 1. The van der Waals surface area contributed by atoms with Crippen LogP contribution in [-0.4, -0.2) is 48.1 Å².